The van der Waals surface area contributed by atoms with Crippen LogP contribution in [0.1, 0.15) is 77.0 Å². The van der Waals surface area contributed by atoms with Crippen molar-refractivity contribution in [1.82, 2.24) is 20.3 Å². The van der Waals surface area contributed by atoms with Gasteiger partial charge in [-0.15, -0.1) is 0 Å². The van der Waals surface area contributed by atoms with E-state index in [2.05, 4.69) is 20.3 Å². The fourth-order valence-electron chi connectivity index (χ4n) is 6.45. The zero-order chi connectivity index (χ0) is 43.8. The van der Waals surface area contributed by atoms with Gasteiger partial charge in [-0.25, -0.2) is 20.3 Å². The van der Waals surface area contributed by atoms with Crippen molar-refractivity contribution in [2.75, 3.05) is 132 Å². The minimum absolute atomic E-state index is 0.241. The highest BCUT2D eigenvalue weighted by atomic mass is 35.9. The Morgan fingerprint density at radius 3 is 0.726 bits per heavy atom. The van der Waals surface area contributed by atoms with Gasteiger partial charge < -0.3 is 46.5 Å². The van der Waals surface area contributed by atoms with Gasteiger partial charge in [0.15, 0.2) is 0 Å². The van der Waals surface area contributed by atoms with Gasteiger partial charge in [-0.2, -0.15) is 27.1 Å². The van der Waals surface area contributed by atoms with Crippen LogP contribution < -0.4 is 20.3 Å². The van der Waals surface area contributed by atoms with Crippen LogP contribution >= 0.6 is 87.1 Å². The second kappa shape index (κ2) is 29.9. The number of halogens is 4. The largest absolute Gasteiger partial charge is 0.377 e. The standard InChI is InChI=1S/C32H68Cl4N10O10P6/c33-57(34)41-59-37-13-9-5-1-2-6-10-14-38-60-42-58(35,36)44-62(46-60,56-32-28-52-24-20-48-18-22-50-26-30-54-60)40-16-12-8-4-3-7-11-15-39-61(43-57,45-59)55-31-27-51-23-19-47-17-21-49-25-29-53-59/h37-40H,1-32H2. The lowest BCUT2D eigenvalue weighted by Crippen LogP contribution is -2.21. The molecule has 0 aliphatic carbocycles. The Balaban J connectivity index is 1.30. The summed E-state index contributed by atoms with van der Waals surface area (Å²) in [6.07, 6.45) is 11.5. The van der Waals surface area contributed by atoms with Crippen LogP contribution in [0.15, 0.2) is 27.1 Å². The van der Waals surface area contributed by atoms with Gasteiger partial charge >= 0.3 is 0 Å². The predicted molar refractivity (Wildman–Crippen MR) is 256 cm³/mol. The number of ether oxygens (including phenoxy) is 6. The first-order valence-corrected chi connectivity index (χ1v) is 35.2. The third-order valence-corrected chi connectivity index (χ3v) is 30.1. The predicted octanol–water partition coefficient (Wildman–Crippen LogP) is 11.9. The highest BCUT2D eigenvalue weighted by Crippen LogP contribution is 2.82. The molecule has 62 heavy (non-hydrogen) atoms. The first kappa shape index (κ1) is 54.9. The topological polar surface area (TPSA) is 215 Å². The number of rotatable bonds is 0. The Hall–Kier alpha value is 1.98. The molecule has 0 saturated heterocycles. The van der Waals surface area contributed by atoms with E-state index in [1.807, 2.05) is 0 Å². The molecule has 5 rings (SSSR count). The quantitative estimate of drug-likeness (QED) is 0.166. The molecule has 30 heteroatoms. The minimum atomic E-state index is -3.23. The van der Waals surface area contributed by atoms with E-state index in [1.165, 1.54) is 0 Å². The van der Waals surface area contributed by atoms with E-state index in [4.69, 9.17) is 119 Å². The van der Waals surface area contributed by atoms with Gasteiger partial charge in [0.25, 0.3) is 42.2 Å². The van der Waals surface area contributed by atoms with Crippen molar-refractivity contribution in [2.24, 2.45) is 27.1 Å². The van der Waals surface area contributed by atoms with Crippen molar-refractivity contribution in [3.05, 3.63) is 0 Å². The van der Waals surface area contributed by atoms with Crippen molar-refractivity contribution in [1.29, 1.82) is 0 Å². The van der Waals surface area contributed by atoms with E-state index in [0.717, 1.165) is 77.0 Å². The lowest BCUT2D eigenvalue weighted by atomic mass is 10.1. The molecule has 4 bridgehead atoms. The second-order valence-corrected chi connectivity index (χ2v) is 34.0. The molecule has 0 saturated carbocycles. The van der Waals surface area contributed by atoms with Crippen molar-refractivity contribution in [3.63, 3.8) is 0 Å². The van der Waals surface area contributed by atoms with Crippen LogP contribution in [0, 0.1) is 0 Å². The molecular weight excluding hydrogens is 1010 g/mol. The summed E-state index contributed by atoms with van der Waals surface area (Å²) in [5.41, 5.74) is 0. The van der Waals surface area contributed by atoms with Gasteiger partial charge in [-0.3, -0.25) is 0 Å². The molecule has 4 N–H and O–H groups in total. The van der Waals surface area contributed by atoms with Crippen LogP contribution in [0.4, 0.5) is 0 Å². The molecule has 0 fully saturated rings. The SMILES string of the molecule is ClP1(Cl)=NP23=NP(=N1)(NCCCCCCCCNP14=NP(Cl)(Cl)=NP(=N1)(NCCCCCCCCN2)OCCOCCOCCOCCO4)OCCOCCOCCOCCO3. The molecule has 5 heterocycles. The molecule has 5 aliphatic heterocycles. The fraction of sp³-hybridized carbons (Fsp3) is 1.00. The third-order valence-electron chi connectivity index (χ3n) is 9.36. The summed E-state index contributed by atoms with van der Waals surface area (Å²) in [5, 5.41) is 14.2. The molecule has 0 aromatic carbocycles. The lowest BCUT2D eigenvalue weighted by Gasteiger charge is -2.32. The second-order valence-electron chi connectivity index (χ2n) is 14.5. The summed E-state index contributed by atoms with van der Waals surface area (Å²) in [5.74, 6) is -6.47. The number of nitrogens with one attached hydrogen (secondary N) is 4. The first-order chi connectivity index (χ1) is 30.1. The van der Waals surface area contributed by atoms with E-state index in [1.54, 1.807) is 0 Å². The summed E-state index contributed by atoms with van der Waals surface area (Å²) in [7, 11) is -12.4. The Kier molecular flexibility index (Phi) is 26.5. The summed E-state index contributed by atoms with van der Waals surface area (Å²) < 4.78 is 89.7. The van der Waals surface area contributed by atoms with Crippen molar-refractivity contribution in [3.8, 4) is 0 Å². The zero-order valence-electron chi connectivity index (χ0n) is 35.6. The third kappa shape index (κ3) is 21.3. The van der Waals surface area contributed by atoms with Gasteiger partial charge in [0.05, 0.1) is 106 Å². The Labute approximate surface area is 388 Å². The van der Waals surface area contributed by atoms with Gasteiger partial charge in [0, 0.05) is 26.2 Å². The molecule has 0 amide bonds. The van der Waals surface area contributed by atoms with Crippen LogP contribution in [0.2, 0.25) is 0 Å². The molecule has 0 spiro atoms. The zero-order valence-corrected chi connectivity index (χ0v) is 44.0. The molecule has 4 unspecified atom stereocenters. The lowest BCUT2D eigenvalue weighted by molar-refractivity contribution is 0.00533. The maximum absolute atomic E-state index is 6.91. The molecule has 0 aromatic heterocycles. The summed E-state index contributed by atoms with van der Waals surface area (Å²) in [6.45, 7) is 8.21. The van der Waals surface area contributed by atoms with Crippen LogP contribution in [0.3, 0.4) is 0 Å². The normalized spacial score (nSPS) is 35.0. The van der Waals surface area contributed by atoms with Crippen LogP contribution in [-0.4, -0.2) is 132 Å². The summed E-state index contributed by atoms with van der Waals surface area (Å²) in [6, 6.07) is 0. The van der Waals surface area contributed by atoms with Crippen molar-refractivity contribution in [2.45, 2.75) is 77.0 Å². The van der Waals surface area contributed by atoms with E-state index in [9.17, 15) is 0 Å². The Morgan fingerprint density at radius 2 is 0.468 bits per heavy atom. The number of hydrogen-bond acceptors (Lipinski definition) is 20. The van der Waals surface area contributed by atoms with E-state index in [-0.39, 0.29) is 26.4 Å². The molecule has 5 aliphatic rings. The molecule has 20 nitrogen and oxygen atoms in total. The molecule has 364 valence electrons. The van der Waals surface area contributed by atoms with Gasteiger partial charge in [-0.1, -0.05) is 51.4 Å². The number of hydrogen-bond donors (Lipinski definition) is 4. The first-order valence-electron chi connectivity index (χ1n) is 21.7. The number of nitrogens with zero attached hydrogens (tertiary/aromatic N) is 6. The average molecular weight is 1080 g/mol. The average Bonchev–Trinajstić information content (AvgIpc) is 3.20. The monoisotopic (exact) mass is 1080 g/mol. The smallest absolute Gasteiger partial charge is 0.280 e. The van der Waals surface area contributed by atoms with E-state index >= 15 is 0 Å². The maximum atomic E-state index is 6.91. The minimum Gasteiger partial charge on any atom is -0.377 e. The van der Waals surface area contributed by atoms with Crippen LogP contribution in [0.25, 0.3) is 0 Å². The van der Waals surface area contributed by atoms with Crippen molar-refractivity contribution < 1.29 is 46.5 Å². The maximum Gasteiger partial charge on any atom is 0.280 e. The van der Waals surface area contributed by atoms with Gasteiger partial charge in [0.2, 0.25) is 0 Å². The molecule has 0 radical (unpaired) electrons. The molecule has 4 atom stereocenters. The molecular formula is C32H68Cl4N10O10P6. The van der Waals surface area contributed by atoms with Gasteiger partial charge in [0.1, 0.15) is 0 Å². The highest BCUT2D eigenvalue weighted by Gasteiger charge is 2.39. The van der Waals surface area contributed by atoms with Crippen LogP contribution in [0.5, 0.6) is 0 Å². The summed E-state index contributed by atoms with van der Waals surface area (Å²) >= 11 is 27.6. The molecule has 0 aromatic rings. The Morgan fingerprint density at radius 1 is 0.258 bits per heavy atom. The van der Waals surface area contributed by atoms with E-state index in [0.29, 0.717) is 105 Å². The summed E-state index contributed by atoms with van der Waals surface area (Å²) in [4.78, 5) is 0. The van der Waals surface area contributed by atoms with Crippen LogP contribution in [-0.2, 0) is 46.5 Å². The highest BCUT2D eigenvalue weighted by molar-refractivity contribution is 8.13. The Bertz CT molecular complexity index is 1510. The van der Waals surface area contributed by atoms with Gasteiger partial charge in [-0.05, 0) is 70.6 Å². The van der Waals surface area contributed by atoms with E-state index < -0.39 is 42.2 Å². The van der Waals surface area contributed by atoms with Crippen molar-refractivity contribution >= 4 is 87.1 Å². The fourth-order valence-corrected chi connectivity index (χ4v) is 30.3.